The molecule has 0 bridgehead atoms. The minimum absolute atomic E-state index is 0.0408. The topological polar surface area (TPSA) is 226 Å². The second-order valence-electron chi connectivity index (χ2n) is 20.8. The van der Waals surface area contributed by atoms with Crippen LogP contribution in [0.15, 0.2) is 61.1 Å². The van der Waals surface area contributed by atoms with Gasteiger partial charge >= 0.3 is 6.09 Å². The molecule has 3 atom stereocenters. The average Bonchev–Trinajstić information content (AvgIpc) is 4.24. The van der Waals surface area contributed by atoms with Crippen molar-refractivity contribution in [3.63, 3.8) is 0 Å². The number of ether oxygens (including phenoxy) is 8. The first-order chi connectivity index (χ1) is 39.4. The molecule has 1 aromatic carbocycles. The predicted molar refractivity (Wildman–Crippen MR) is 304 cm³/mol. The van der Waals surface area contributed by atoms with E-state index in [0.717, 1.165) is 104 Å². The van der Waals surface area contributed by atoms with Crippen molar-refractivity contribution >= 4 is 35.1 Å². The molecule has 436 valence electrons. The number of amides is 1. The number of aliphatic hydroxyl groups excluding tert-OH is 1. The SMILES string of the molecule is CCc1cnn2c(NCc3ccc(OCCOCCOCCOCCOCCOCCOCCN4C(=O)OCc5cnc(N[C@@H](C)c6ccc([C@H](CC7CC7)N7CCNCC7)cc6)nc54)nc3)cc(N3CCCC[C@H]3CCO)nc12. The highest BCUT2D eigenvalue weighted by molar-refractivity contribution is 5.89. The van der Waals surface area contributed by atoms with Gasteiger partial charge in [-0.1, -0.05) is 50.1 Å². The fourth-order valence-electron chi connectivity index (χ4n) is 10.4. The van der Waals surface area contributed by atoms with Crippen LogP contribution in [-0.4, -0.2) is 183 Å². The van der Waals surface area contributed by atoms with Crippen LogP contribution in [-0.2, 0) is 52.7 Å². The van der Waals surface area contributed by atoms with Crippen molar-refractivity contribution in [2.75, 3.05) is 152 Å². The van der Waals surface area contributed by atoms with Crippen LogP contribution in [0.3, 0.4) is 0 Å². The molecule has 5 aromatic rings. The van der Waals surface area contributed by atoms with Crippen molar-refractivity contribution in [1.29, 1.82) is 0 Å². The fraction of sp³-hybridized carbons (Fsp3) is 0.621. The first-order valence-corrected chi connectivity index (χ1v) is 29.1. The van der Waals surface area contributed by atoms with Crippen molar-refractivity contribution in [3.05, 3.63) is 88.9 Å². The standard InChI is InChI=1S/C58H84N12O10/c1-3-46-41-63-70-52(37-53(65-56(46)70)68-18-5-4-6-50(68)15-22-71)60-38-45-9-14-54(61-39-45)79-35-34-78-33-32-77-31-30-76-29-28-75-27-26-74-25-24-73-23-21-69-55-49(42-80-58(69)72)40-62-57(66-55)64-43(2)47-10-12-48(13-11-47)51(36-44-7-8-44)67-19-16-59-17-20-67/h9-14,37,39-41,43-44,50-51,59-60,71H,3-8,15-36,38,42H2,1-2H3,(H,62,64,66)/t43-,50-,51-/m0/s1. The lowest BCUT2D eigenvalue weighted by molar-refractivity contribution is -0.0176. The summed E-state index contributed by atoms with van der Waals surface area (Å²) in [5.41, 5.74) is 6.23. The van der Waals surface area contributed by atoms with Gasteiger partial charge in [-0.25, -0.2) is 19.7 Å². The first-order valence-electron chi connectivity index (χ1n) is 29.1. The molecule has 4 aliphatic rings. The van der Waals surface area contributed by atoms with Crippen LogP contribution in [0.5, 0.6) is 5.88 Å². The second-order valence-corrected chi connectivity index (χ2v) is 20.8. The third-order valence-corrected chi connectivity index (χ3v) is 15.0. The number of piperazine rings is 1. The van der Waals surface area contributed by atoms with E-state index in [2.05, 4.69) is 85.0 Å². The van der Waals surface area contributed by atoms with Crippen LogP contribution < -0.4 is 30.5 Å². The Hall–Kier alpha value is -5.82. The number of carbonyl (C=O) groups is 1. The number of hydrogen-bond donors (Lipinski definition) is 4. The fourth-order valence-corrected chi connectivity index (χ4v) is 10.4. The number of rotatable bonds is 36. The van der Waals surface area contributed by atoms with Gasteiger partial charge in [0.25, 0.3) is 0 Å². The van der Waals surface area contributed by atoms with Crippen LogP contribution in [0.4, 0.5) is 28.2 Å². The molecule has 22 heteroatoms. The van der Waals surface area contributed by atoms with Crippen LogP contribution >= 0.6 is 0 Å². The summed E-state index contributed by atoms with van der Waals surface area (Å²) >= 11 is 0. The maximum Gasteiger partial charge on any atom is 0.415 e. The molecule has 1 aliphatic carbocycles. The summed E-state index contributed by atoms with van der Waals surface area (Å²) < 4.78 is 47.1. The number of pyridine rings is 1. The highest BCUT2D eigenvalue weighted by atomic mass is 16.6. The Morgan fingerprint density at radius 1 is 0.775 bits per heavy atom. The third kappa shape index (κ3) is 17.4. The van der Waals surface area contributed by atoms with Crippen LogP contribution in [0, 0.1) is 5.92 Å². The van der Waals surface area contributed by atoms with Gasteiger partial charge in [0.1, 0.15) is 30.7 Å². The number of aliphatic hydroxyl groups is 1. The lowest BCUT2D eigenvalue weighted by Crippen LogP contribution is -2.45. The molecule has 0 unspecified atom stereocenters. The number of benzene rings is 1. The zero-order chi connectivity index (χ0) is 55.1. The van der Waals surface area contributed by atoms with Crippen molar-refractivity contribution in [1.82, 2.24) is 39.8 Å². The maximum atomic E-state index is 12.8. The van der Waals surface area contributed by atoms with Gasteiger partial charge in [-0.3, -0.25) is 9.80 Å². The van der Waals surface area contributed by atoms with Gasteiger partial charge in [0, 0.05) is 88.0 Å². The zero-order valence-electron chi connectivity index (χ0n) is 46.9. The van der Waals surface area contributed by atoms with Gasteiger partial charge < -0.3 is 63.9 Å². The molecule has 4 N–H and O–H groups in total. The molecule has 0 spiro atoms. The van der Waals surface area contributed by atoms with E-state index in [9.17, 15) is 9.90 Å². The minimum Gasteiger partial charge on any atom is -0.475 e. The van der Waals surface area contributed by atoms with E-state index >= 15 is 0 Å². The van der Waals surface area contributed by atoms with E-state index < -0.39 is 6.09 Å². The highest BCUT2D eigenvalue weighted by Crippen LogP contribution is 2.40. The minimum atomic E-state index is -0.461. The molecule has 3 fully saturated rings. The summed E-state index contributed by atoms with van der Waals surface area (Å²) in [5.74, 6) is 4.14. The number of carbonyl (C=O) groups excluding carboxylic acids is 1. The number of anilines is 4. The van der Waals surface area contributed by atoms with Crippen LogP contribution in [0.25, 0.3) is 5.65 Å². The Bertz CT molecular complexity index is 2620. The number of aromatic nitrogens is 6. The maximum absolute atomic E-state index is 12.8. The van der Waals surface area contributed by atoms with Gasteiger partial charge in [0.2, 0.25) is 11.8 Å². The average molecular weight is 1110 g/mol. The Morgan fingerprint density at radius 2 is 1.46 bits per heavy atom. The molecule has 1 saturated carbocycles. The van der Waals surface area contributed by atoms with Gasteiger partial charge in [0.15, 0.2) is 5.65 Å². The summed E-state index contributed by atoms with van der Waals surface area (Å²) in [6, 6.07) is 15.6. The Labute approximate surface area is 470 Å². The predicted octanol–water partition coefficient (Wildman–Crippen LogP) is 6.38. The van der Waals surface area contributed by atoms with Crippen molar-refractivity contribution in [2.45, 2.75) is 96.5 Å². The summed E-state index contributed by atoms with van der Waals surface area (Å²) in [4.78, 5) is 38.2. The number of nitrogens with one attached hydrogen (secondary N) is 3. The number of hydrogen-bond acceptors (Lipinski definition) is 20. The number of piperidine rings is 1. The van der Waals surface area contributed by atoms with E-state index in [-0.39, 0.29) is 38.4 Å². The Morgan fingerprint density at radius 3 is 2.12 bits per heavy atom. The lowest BCUT2D eigenvalue weighted by Gasteiger charge is -2.36. The summed E-state index contributed by atoms with van der Waals surface area (Å²) in [6.07, 6.45) is 13.8. The normalized spacial score (nSPS) is 17.6. The van der Waals surface area contributed by atoms with Crippen molar-refractivity contribution in [2.24, 2.45) is 5.92 Å². The van der Waals surface area contributed by atoms with Crippen LogP contribution in [0.1, 0.15) is 98.7 Å². The molecular weight excluding hydrogens is 1020 g/mol. The molecule has 9 rings (SSSR count). The van der Waals surface area contributed by atoms with E-state index in [1.807, 2.05) is 29.0 Å². The molecular formula is C58H84N12O10. The molecule has 0 radical (unpaired) electrons. The highest BCUT2D eigenvalue weighted by Gasteiger charge is 2.32. The first kappa shape index (κ1) is 58.8. The molecule has 22 nitrogen and oxygen atoms in total. The van der Waals surface area contributed by atoms with Crippen molar-refractivity contribution < 1.29 is 47.8 Å². The van der Waals surface area contributed by atoms with Gasteiger partial charge in [0.05, 0.1) is 104 Å². The van der Waals surface area contributed by atoms with E-state index in [1.54, 1.807) is 6.20 Å². The number of aryl methyl sites for hydroxylation is 1. The molecule has 3 aliphatic heterocycles. The third-order valence-electron chi connectivity index (χ3n) is 15.0. The van der Waals surface area contributed by atoms with Crippen LogP contribution in [0.2, 0.25) is 0 Å². The smallest absolute Gasteiger partial charge is 0.415 e. The van der Waals surface area contributed by atoms with E-state index in [0.29, 0.717) is 110 Å². The molecule has 7 heterocycles. The second kappa shape index (κ2) is 31.4. The summed E-state index contributed by atoms with van der Waals surface area (Å²) in [5, 5.41) is 24.8. The summed E-state index contributed by atoms with van der Waals surface area (Å²) in [6.45, 7) is 15.9. The van der Waals surface area contributed by atoms with Gasteiger partial charge in [-0.05, 0) is 68.1 Å². The van der Waals surface area contributed by atoms with Crippen molar-refractivity contribution in [3.8, 4) is 5.88 Å². The number of fused-ring (bicyclic) bond motifs is 2. The molecule has 80 heavy (non-hydrogen) atoms. The Kier molecular flexibility index (Phi) is 23.1. The van der Waals surface area contributed by atoms with E-state index in [1.165, 1.54) is 36.1 Å². The number of nitrogens with zero attached hydrogens (tertiary/aromatic N) is 9. The molecule has 2 saturated heterocycles. The summed E-state index contributed by atoms with van der Waals surface area (Å²) in [7, 11) is 0. The quantitative estimate of drug-likeness (QED) is 0.0319. The van der Waals surface area contributed by atoms with Gasteiger partial charge in [-0.2, -0.15) is 14.6 Å². The lowest BCUT2D eigenvalue weighted by atomic mass is 9.96. The van der Waals surface area contributed by atoms with E-state index in [4.69, 9.17) is 47.9 Å². The van der Waals surface area contributed by atoms with Gasteiger partial charge in [-0.15, -0.1) is 0 Å². The monoisotopic (exact) mass is 1110 g/mol. The number of cyclic esters (lactones) is 1. The zero-order valence-corrected chi connectivity index (χ0v) is 46.9. The largest absolute Gasteiger partial charge is 0.475 e. The molecule has 4 aromatic heterocycles. The molecule has 1 amide bonds. The Balaban J connectivity index is 0.561.